The number of nitrogens with zero attached hydrogens (tertiary/aromatic N) is 3. The van der Waals surface area contributed by atoms with Crippen molar-refractivity contribution in [3.63, 3.8) is 0 Å². The number of piperidine rings is 1. The summed E-state index contributed by atoms with van der Waals surface area (Å²) in [5.41, 5.74) is 0.464. The number of aromatic amines is 1. The zero-order chi connectivity index (χ0) is 18.1. The maximum Gasteiger partial charge on any atom is 0.407 e. The van der Waals surface area contributed by atoms with Crippen LogP contribution in [0.15, 0.2) is 18.6 Å². The average molecular weight is 345 g/mol. The number of alkyl carbamates (subject to hydrolysis) is 1. The summed E-state index contributed by atoms with van der Waals surface area (Å²) < 4.78 is 5.32. The van der Waals surface area contributed by atoms with Gasteiger partial charge in [0.2, 0.25) is 0 Å². The summed E-state index contributed by atoms with van der Waals surface area (Å²) in [7, 11) is 0. The number of carbonyl (C=O) groups is 1. The lowest BCUT2D eigenvalue weighted by atomic mass is 9.80. The molecule has 0 bridgehead atoms. The van der Waals surface area contributed by atoms with Crippen LogP contribution < -0.4 is 10.2 Å². The van der Waals surface area contributed by atoms with E-state index in [1.54, 1.807) is 6.33 Å². The number of aromatic nitrogens is 3. The SMILES string of the molecule is CC1(CNC(=O)OC(C)(C)C)CCN(c2ncnc3[nH]ccc23)CC1. The molecule has 0 spiro atoms. The molecule has 2 aromatic rings. The van der Waals surface area contributed by atoms with Crippen LogP contribution in [-0.4, -0.2) is 46.3 Å². The van der Waals surface area contributed by atoms with Crippen LogP contribution in [0, 0.1) is 5.41 Å². The number of hydrogen-bond acceptors (Lipinski definition) is 5. The molecule has 3 rings (SSSR count). The topological polar surface area (TPSA) is 83.1 Å². The van der Waals surface area contributed by atoms with Crippen LogP contribution in [0.5, 0.6) is 0 Å². The summed E-state index contributed by atoms with van der Waals surface area (Å²) in [5, 5.41) is 3.97. The maximum atomic E-state index is 11.9. The Morgan fingerprint density at radius 2 is 2.08 bits per heavy atom. The highest BCUT2D eigenvalue weighted by atomic mass is 16.6. The first-order valence-electron chi connectivity index (χ1n) is 8.76. The van der Waals surface area contributed by atoms with E-state index in [1.807, 2.05) is 33.0 Å². The highest BCUT2D eigenvalue weighted by Crippen LogP contribution is 2.33. The molecule has 1 amide bonds. The number of hydrogen-bond donors (Lipinski definition) is 2. The van der Waals surface area contributed by atoms with Crippen LogP contribution in [0.1, 0.15) is 40.5 Å². The number of carbonyl (C=O) groups excluding carboxylic acids is 1. The van der Waals surface area contributed by atoms with Crippen LogP contribution in [0.25, 0.3) is 11.0 Å². The van der Waals surface area contributed by atoms with E-state index in [0.29, 0.717) is 6.54 Å². The molecular formula is C18H27N5O2. The fourth-order valence-corrected chi connectivity index (χ4v) is 3.15. The Morgan fingerprint density at radius 1 is 1.36 bits per heavy atom. The van der Waals surface area contributed by atoms with Gasteiger partial charge < -0.3 is 19.9 Å². The van der Waals surface area contributed by atoms with Gasteiger partial charge in [0.05, 0.1) is 5.39 Å². The third kappa shape index (κ3) is 4.21. The molecule has 0 unspecified atom stereocenters. The van der Waals surface area contributed by atoms with E-state index in [2.05, 4.69) is 32.1 Å². The molecule has 1 fully saturated rings. The van der Waals surface area contributed by atoms with Gasteiger partial charge in [-0.05, 0) is 45.1 Å². The Labute approximate surface area is 148 Å². The number of rotatable bonds is 3. The van der Waals surface area contributed by atoms with E-state index in [-0.39, 0.29) is 11.5 Å². The van der Waals surface area contributed by atoms with E-state index in [0.717, 1.165) is 42.8 Å². The van der Waals surface area contributed by atoms with Crippen molar-refractivity contribution >= 4 is 22.9 Å². The minimum Gasteiger partial charge on any atom is -0.444 e. The highest BCUT2D eigenvalue weighted by Gasteiger charge is 2.32. The molecule has 136 valence electrons. The second kappa shape index (κ2) is 6.54. The Morgan fingerprint density at radius 3 is 2.76 bits per heavy atom. The van der Waals surface area contributed by atoms with Gasteiger partial charge in [-0.3, -0.25) is 0 Å². The molecular weight excluding hydrogens is 318 g/mol. The van der Waals surface area contributed by atoms with Gasteiger partial charge in [0.15, 0.2) is 0 Å². The lowest BCUT2D eigenvalue weighted by Gasteiger charge is -2.40. The minimum atomic E-state index is -0.469. The fourth-order valence-electron chi connectivity index (χ4n) is 3.15. The second-order valence-electron chi connectivity index (χ2n) is 8.09. The Bertz CT molecular complexity index is 741. The van der Waals surface area contributed by atoms with Crippen molar-refractivity contribution in [1.29, 1.82) is 0 Å². The molecule has 0 radical (unpaired) electrons. The Balaban J connectivity index is 1.57. The summed E-state index contributed by atoms with van der Waals surface area (Å²) in [6.45, 7) is 10.3. The van der Waals surface area contributed by atoms with Gasteiger partial charge in [-0.15, -0.1) is 0 Å². The number of ether oxygens (including phenoxy) is 1. The van der Waals surface area contributed by atoms with E-state index in [9.17, 15) is 4.79 Å². The standard InChI is InChI=1S/C18H27N5O2/c1-17(2,3)25-16(24)20-11-18(4)6-9-23(10-7-18)15-13-5-8-19-14(13)21-12-22-15/h5,8,12H,6-7,9-11H2,1-4H3,(H,20,24)(H,19,21,22). The molecule has 0 atom stereocenters. The molecule has 2 aromatic heterocycles. The van der Waals surface area contributed by atoms with E-state index in [1.165, 1.54) is 0 Å². The first-order chi connectivity index (χ1) is 11.8. The molecule has 0 aliphatic carbocycles. The summed E-state index contributed by atoms with van der Waals surface area (Å²) in [5.74, 6) is 0.980. The predicted octanol–water partition coefficient (Wildman–Crippen LogP) is 3.09. The molecule has 0 aromatic carbocycles. The largest absolute Gasteiger partial charge is 0.444 e. The lowest BCUT2D eigenvalue weighted by Crippen LogP contribution is -2.46. The maximum absolute atomic E-state index is 11.9. The van der Waals surface area contributed by atoms with Crippen molar-refractivity contribution in [3.8, 4) is 0 Å². The molecule has 1 aliphatic heterocycles. The summed E-state index contributed by atoms with van der Waals surface area (Å²) in [4.78, 5) is 26.0. The van der Waals surface area contributed by atoms with Crippen LogP contribution in [0.3, 0.4) is 0 Å². The van der Waals surface area contributed by atoms with Crippen LogP contribution in [0.2, 0.25) is 0 Å². The van der Waals surface area contributed by atoms with Gasteiger partial charge in [-0.2, -0.15) is 0 Å². The number of fused-ring (bicyclic) bond motifs is 1. The highest BCUT2D eigenvalue weighted by molar-refractivity contribution is 5.87. The van der Waals surface area contributed by atoms with Gasteiger partial charge in [0.25, 0.3) is 0 Å². The van der Waals surface area contributed by atoms with Crippen molar-refractivity contribution in [2.75, 3.05) is 24.5 Å². The molecule has 1 saturated heterocycles. The molecule has 0 saturated carbocycles. The first-order valence-corrected chi connectivity index (χ1v) is 8.76. The van der Waals surface area contributed by atoms with Crippen LogP contribution >= 0.6 is 0 Å². The first kappa shape index (κ1) is 17.5. The van der Waals surface area contributed by atoms with Crippen molar-refractivity contribution in [2.24, 2.45) is 5.41 Å². The summed E-state index contributed by atoms with van der Waals surface area (Å²) in [6, 6.07) is 2.02. The van der Waals surface area contributed by atoms with Crippen molar-refractivity contribution in [3.05, 3.63) is 18.6 Å². The lowest BCUT2D eigenvalue weighted by molar-refractivity contribution is 0.0495. The summed E-state index contributed by atoms with van der Waals surface area (Å²) in [6.07, 6.45) is 5.12. The molecule has 7 heteroatoms. The number of nitrogens with one attached hydrogen (secondary N) is 2. The normalized spacial score (nSPS) is 17.5. The van der Waals surface area contributed by atoms with Crippen molar-refractivity contribution < 1.29 is 9.53 Å². The molecule has 1 aliphatic rings. The number of anilines is 1. The van der Waals surface area contributed by atoms with E-state index >= 15 is 0 Å². The quantitative estimate of drug-likeness (QED) is 0.893. The van der Waals surface area contributed by atoms with Crippen molar-refractivity contribution in [1.82, 2.24) is 20.3 Å². The van der Waals surface area contributed by atoms with Crippen LogP contribution in [-0.2, 0) is 4.74 Å². The fraction of sp³-hybridized carbons (Fsp3) is 0.611. The minimum absolute atomic E-state index is 0.0672. The van der Waals surface area contributed by atoms with Crippen molar-refractivity contribution in [2.45, 2.75) is 46.1 Å². The zero-order valence-corrected chi connectivity index (χ0v) is 15.4. The third-order valence-corrected chi connectivity index (χ3v) is 4.66. The molecule has 7 nitrogen and oxygen atoms in total. The smallest absolute Gasteiger partial charge is 0.407 e. The van der Waals surface area contributed by atoms with E-state index in [4.69, 9.17) is 4.74 Å². The van der Waals surface area contributed by atoms with E-state index < -0.39 is 5.60 Å². The Kier molecular flexibility index (Phi) is 4.58. The van der Waals surface area contributed by atoms with Gasteiger partial charge in [0.1, 0.15) is 23.4 Å². The predicted molar refractivity (Wildman–Crippen MR) is 97.7 cm³/mol. The molecule has 2 N–H and O–H groups in total. The van der Waals surface area contributed by atoms with Gasteiger partial charge >= 0.3 is 6.09 Å². The number of H-pyrrole nitrogens is 1. The molecule has 25 heavy (non-hydrogen) atoms. The molecule has 3 heterocycles. The monoisotopic (exact) mass is 345 g/mol. The Hall–Kier alpha value is -2.31. The van der Waals surface area contributed by atoms with Gasteiger partial charge in [-0.25, -0.2) is 14.8 Å². The van der Waals surface area contributed by atoms with Gasteiger partial charge in [0, 0.05) is 25.8 Å². The zero-order valence-electron chi connectivity index (χ0n) is 15.4. The third-order valence-electron chi connectivity index (χ3n) is 4.66. The summed E-state index contributed by atoms with van der Waals surface area (Å²) >= 11 is 0. The second-order valence-corrected chi connectivity index (χ2v) is 8.09. The van der Waals surface area contributed by atoms with Gasteiger partial charge in [-0.1, -0.05) is 6.92 Å². The van der Waals surface area contributed by atoms with Crippen LogP contribution in [0.4, 0.5) is 10.6 Å². The number of amides is 1. The average Bonchev–Trinajstić information content (AvgIpc) is 3.01.